The average Bonchev–Trinajstić information content (AvgIpc) is 2.25. The van der Waals surface area contributed by atoms with E-state index in [9.17, 15) is 17.4 Å². The maximum absolute atomic E-state index is 13.6. The third kappa shape index (κ3) is 4.31. The van der Waals surface area contributed by atoms with Crippen molar-refractivity contribution >= 4 is 11.0 Å². The Morgan fingerprint density at radius 2 is 1.75 bits per heavy atom. The normalized spacial score (nSPS) is 16.0. The van der Waals surface area contributed by atoms with Crippen molar-refractivity contribution in [2.45, 2.75) is 51.3 Å². The summed E-state index contributed by atoms with van der Waals surface area (Å²) in [4.78, 5) is 0. The van der Waals surface area contributed by atoms with Gasteiger partial charge in [0.15, 0.2) is 0 Å². The van der Waals surface area contributed by atoms with Gasteiger partial charge in [0.25, 0.3) is 5.92 Å². The lowest BCUT2D eigenvalue weighted by atomic mass is 9.98. The van der Waals surface area contributed by atoms with E-state index in [1.807, 2.05) is 0 Å². The summed E-state index contributed by atoms with van der Waals surface area (Å²) in [6.45, 7) is 7.65. The van der Waals surface area contributed by atoms with Crippen LogP contribution in [0.1, 0.15) is 51.8 Å². The van der Waals surface area contributed by atoms with Crippen molar-refractivity contribution in [3.63, 3.8) is 0 Å². The Hall–Kier alpha value is -0.880. The van der Waals surface area contributed by atoms with E-state index in [1.54, 1.807) is 27.7 Å². The number of hydrogen-bond donors (Lipinski definition) is 1. The lowest BCUT2D eigenvalue weighted by Gasteiger charge is -2.25. The van der Waals surface area contributed by atoms with Crippen molar-refractivity contribution in [2.24, 2.45) is 0 Å². The monoisotopic (exact) mass is 307 g/mol. The zero-order valence-corrected chi connectivity index (χ0v) is 13.1. The van der Waals surface area contributed by atoms with Crippen LogP contribution in [0, 0.1) is 5.82 Å². The van der Waals surface area contributed by atoms with Gasteiger partial charge in [-0.3, -0.25) is 0 Å². The minimum atomic E-state index is -3.08. The predicted molar refractivity (Wildman–Crippen MR) is 75.4 cm³/mol. The molecular formula is C14H20F3NOS. The van der Waals surface area contributed by atoms with Gasteiger partial charge >= 0.3 is 0 Å². The molecule has 0 unspecified atom stereocenters. The van der Waals surface area contributed by atoms with Crippen LogP contribution in [-0.4, -0.2) is 8.96 Å². The van der Waals surface area contributed by atoms with Crippen LogP contribution in [0.15, 0.2) is 18.2 Å². The molecule has 2 atom stereocenters. The summed E-state index contributed by atoms with van der Waals surface area (Å²) < 4.78 is 54.7. The van der Waals surface area contributed by atoms with E-state index in [0.717, 1.165) is 25.1 Å². The second kappa shape index (κ2) is 5.85. The molecule has 114 valence electrons. The molecule has 1 aromatic carbocycles. The van der Waals surface area contributed by atoms with Crippen LogP contribution in [0.5, 0.6) is 0 Å². The number of rotatable bonds is 4. The second-order valence-electron chi connectivity index (χ2n) is 5.84. The van der Waals surface area contributed by atoms with E-state index in [-0.39, 0.29) is 11.1 Å². The van der Waals surface area contributed by atoms with Gasteiger partial charge in [-0.25, -0.2) is 22.1 Å². The van der Waals surface area contributed by atoms with E-state index >= 15 is 0 Å². The Morgan fingerprint density at radius 1 is 1.20 bits per heavy atom. The Morgan fingerprint density at radius 3 is 2.20 bits per heavy atom. The molecule has 0 aromatic heterocycles. The maximum Gasteiger partial charge on any atom is 0.270 e. The van der Waals surface area contributed by atoms with E-state index in [4.69, 9.17) is 0 Å². The lowest BCUT2D eigenvalue weighted by Crippen LogP contribution is -2.35. The average molecular weight is 307 g/mol. The maximum atomic E-state index is 13.6. The van der Waals surface area contributed by atoms with Crippen molar-refractivity contribution in [1.29, 1.82) is 0 Å². The molecule has 0 saturated carbocycles. The van der Waals surface area contributed by atoms with Gasteiger partial charge in [0.2, 0.25) is 0 Å². The van der Waals surface area contributed by atoms with Gasteiger partial charge in [0, 0.05) is 18.5 Å². The highest BCUT2D eigenvalue weighted by Crippen LogP contribution is 2.33. The van der Waals surface area contributed by atoms with Gasteiger partial charge in [0.05, 0.1) is 15.7 Å². The highest BCUT2D eigenvalue weighted by atomic mass is 32.2. The molecule has 1 N–H and O–H groups in total. The molecule has 0 aliphatic heterocycles. The molecule has 0 aliphatic rings. The first kappa shape index (κ1) is 17.2. The van der Waals surface area contributed by atoms with Gasteiger partial charge in [0.1, 0.15) is 5.82 Å². The molecule has 0 radical (unpaired) electrons. The summed E-state index contributed by atoms with van der Waals surface area (Å²) >= 11 is 0. The molecule has 0 aliphatic carbocycles. The van der Waals surface area contributed by atoms with E-state index < -0.39 is 33.5 Å². The number of nitrogens with one attached hydrogen (secondary N) is 1. The summed E-state index contributed by atoms with van der Waals surface area (Å²) in [5, 5.41) is 0. The Kier molecular flexibility index (Phi) is 5.03. The van der Waals surface area contributed by atoms with Crippen LogP contribution in [0.4, 0.5) is 13.2 Å². The van der Waals surface area contributed by atoms with Crippen molar-refractivity contribution in [1.82, 2.24) is 4.72 Å². The quantitative estimate of drug-likeness (QED) is 0.893. The summed E-state index contributed by atoms with van der Waals surface area (Å²) in [6, 6.07) is 2.49. The van der Waals surface area contributed by atoms with Crippen molar-refractivity contribution in [3.05, 3.63) is 35.1 Å². The third-order valence-corrected chi connectivity index (χ3v) is 4.47. The van der Waals surface area contributed by atoms with Crippen LogP contribution < -0.4 is 4.72 Å². The summed E-state index contributed by atoms with van der Waals surface area (Å²) in [5.74, 6) is -3.68. The van der Waals surface area contributed by atoms with Gasteiger partial charge in [-0.1, -0.05) is 0 Å². The molecule has 0 amide bonds. The molecule has 0 fully saturated rings. The van der Waals surface area contributed by atoms with E-state index in [2.05, 4.69) is 4.72 Å². The zero-order valence-electron chi connectivity index (χ0n) is 12.3. The van der Waals surface area contributed by atoms with Gasteiger partial charge in [-0.15, -0.1) is 0 Å². The highest BCUT2D eigenvalue weighted by molar-refractivity contribution is 7.84. The van der Waals surface area contributed by atoms with Crippen LogP contribution >= 0.6 is 0 Å². The minimum Gasteiger partial charge on any atom is -0.242 e. The molecular weight excluding hydrogens is 287 g/mol. The van der Waals surface area contributed by atoms with Crippen LogP contribution in [0.3, 0.4) is 0 Å². The fourth-order valence-electron chi connectivity index (χ4n) is 1.69. The minimum absolute atomic E-state index is 0.120. The Balaban J connectivity index is 3.12. The first-order chi connectivity index (χ1) is 8.93. The highest BCUT2D eigenvalue weighted by Gasteiger charge is 2.31. The lowest BCUT2D eigenvalue weighted by molar-refractivity contribution is 0.0161. The Labute approximate surface area is 120 Å². The first-order valence-electron chi connectivity index (χ1n) is 6.28. The molecule has 1 aromatic rings. The molecule has 6 heteroatoms. The number of benzene rings is 1. The number of alkyl halides is 2. The number of halogens is 3. The van der Waals surface area contributed by atoms with E-state index in [1.165, 1.54) is 0 Å². The van der Waals surface area contributed by atoms with Crippen LogP contribution in [0.25, 0.3) is 0 Å². The standard InChI is InChI=1S/C14H20F3NOS/c1-9(18-20(19)13(2,3)4)11-8-10(15)6-7-12(11)14(5,16)17/h6-9,18H,1-5H3/t9-,20+/m1/s1. The Bertz CT molecular complexity index is 506. The van der Waals surface area contributed by atoms with Crippen LogP contribution in [-0.2, 0) is 16.9 Å². The summed E-state index contributed by atoms with van der Waals surface area (Å²) in [6.07, 6.45) is 0. The smallest absolute Gasteiger partial charge is 0.242 e. The molecule has 1 rings (SSSR count). The summed E-state index contributed by atoms with van der Waals surface area (Å²) in [5.41, 5.74) is -0.139. The van der Waals surface area contributed by atoms with Crippen LogP contribution in [0.2, 0.25) is 0 Å². The number of hydrogen-bond acceptors (Lipinski definition) is 1. The topological polar surface area (TPSA) is 29.1 Å². The van der Waals surface area contributed by atoms with Gasteiger partial charge in [-0.2, -0.15) is 0 Å². The van der Waals surface area contributed by atoms with Crippen molar-refractivity contribution in [2.75, 3.05) is 0 Å². The summed E-state index contributed by atoms with van der Waals surface area (Å²) in [7, 11) is -1.43. The molecule has 0 saturated heterocycles. The first-order valence-corrected chi connectivity index (χ1v) is 7.43. The molecule has 0 spiro atoms. The molecule has 2 nitrogen and oxygen atoms in total. The zero-order chi connectivity index (χ0) is 15.7. The van der Waals surface area contributed by atoms with Crippen molar-refractivity contribution < 1.29 is 17.4 Å². The SMILES string of the molecule is C[C@@H](N[S@@](=O)C(C)(C)C)c1cc(F)ccc1C(C)(F)F. The largest absolute Gasteiger partial charge is 0.270 e. The molecule has 20 heavy (non-hydrogen) atoms. The predicted octanol–water partition coefficient (Wildman–Crippen LogP) is 4.05. The molecule has 0 heterocycles. The van der Waals surface area contributed by atoms with Gasteiger partial charge < -0.3 is 0 Å². The third-order valence-electron chi connectivity index (χ3n) is 2.79. The second-order valence-corrected chi connectivity index (χ2v) is 7.84. The fraction of sp³-hybridized carbons (Fsp3) is 0.571. The van der Waals surface area contributed by atoms with Crippen molar-refractivity contribution in [3.8, 4) is 0 Å². The fourth-order valence-corrected chi connectivity index (χ4v) is 2.49. The van der Waals surface area contributed by atoms with E-state index in [0.29, 0.717) is 0 Å². The van der Waals surface area contributed by atoms with Gasteiger partial charge in [-0.05, 0) is 51.5 Å². The molecule has 0 bridgehead atoms.